The summed E-state index contributed by atoms with van der Waals surface area (Å²) in [5, 5.41) is 6.90. The van der Waals surface area contributed by atoms with Gasteiger partial charge in [0.2, 0.25) is 5.91 Å². The average molecular weight is 365 g/mol. The fraction of sp³-hybridized carbons (Fsp3) is 0.167. The Bertz CT molecular complexity index is 1070. The van der Waals surface area contributed by atoms with Crippen LogP contribution in [0, 0.1) is 6.92 Å². The van der Waals surface area contributed by atoms with E-state index in [1.54, 1.807) is 49.6 Å². The van der Waals surface area contributed by atoms with Crippen molar-refractivity contribution in [3.8, 4) is 0 Å². The minimum atomic E-state index is -0.690. The smallest absolute Gasteiger partial charge is 0.344 e. The minimum Gasteiger partial charge on any atom is -0.452 e. The Morgan fingerprint density at radius 3 is 2.93 bits per heavy atom. The van der Waals surface area contributed by atoms with Crippen LogP contribution in [0.25, 0.3) is 5.65 Å². The van der Waals surface area contributed by atoms with Crippen LogP contribution < -0.4 is 10.2 Å². The molecule has 2 aromatic heterocycles. The highest BCUT2D eigenvalue weighted by Crippen LogP contribution is 2.28. The van der Waals surface area contributed by atoms with Crippen LogP contribution in [0.4, 0.5) is 11.4 Å². The number of carbonyl (C=O) groups is 3. The van der Waals surface area contributed by atoms with E-state index in [2.05, 4.69) is 15.4 Å². The molecule has 1 N–H and O–H groups in total. The topological polar surface area (TPSA) is 106 Å². The van der Waals surface area contributed by atoms with Crippen LogP contribution in [0.5, 0.6) is 0 Å². The second-order valence-electron chi connectivity index (χ2n) is 5.97. The van der Waals surface area contributed by atoms with Crippen LogP contribution in [0.3, 0.4) is 0 Å². The first kappa shape index (κ1) is 16.7. The normalized spacial score (nSPS) is 13.2. The molecule has 0 radical (unpaired) electrons. The zero-order chi connectivity index (χ0) is 19.0. The molecule has 2 amide bonds. The molecule has 136 valence electrons. The lowest BCUT2D eigenvalue weighted by atomic mass is 10.2. The summed E-state index contributed by atoms with van der Waals surface area (Å²) in [6, 6.07) is 8.63. The highest BCUT2D eigenvalue weighted by atomic mass is 16.5. The quantitative estimate of drug-likeness (QED) is 0.699. The van der Waals surface area contributed by atoms with Gasteiger partial charge in [-0.25, -0.2) is 14.3 Å². The summed E-state index contributed by atoms with van der Waals surface area (Å²) in [6.45, 7) is 1.03. The lowest BCUT2D eigenvalue weighted by molar-refractivity contribution is -0.124. The van der Waals surface area contributed by atoms with E-state index in [9.17, 15) is 14.4 Å². The SMILES string of the molecule is Cc1nn2cccnc2c1C(=O)OCC(=O)N1CC(=O)Nc2ccccc21. The Kier molecular flexibility index (Phi) is 4.03. The number of nitrogens with one attached hydrogen (secondary N) is 1. The van der Waals surface area contributed by atoms with Crippen LogP contribution in [-0.2, 0) is 14.3 Å². The van der Waals surface area contributed by atoms with Gasteiger partial charge in [-0.15, -0.1) is 0 Å². The summed E-state index contributed by atoms with van der Waals surface area (Å²) in [5.41, 5.74) is 2.12. The maximum absolute atomic E-state index is 12.6. The van der Waals surface area contributed by atoms with Crippen molar-refractivity contribution in [2.24, 2.45) is 0 Å². The molecule has 1 aliphatic heterocycles. The van der Waals surface area contributed by atoms with E-state index in [4.69, 9.17) is 4.74 Å². The Morgan fingerprint density at radius 2 is 2.07 bits per heavy atom. The second-order valence-corrected chi connectivity index (χ2v) is 5.97. The van der Waals surface area contributed by atoms with Crippen molar-refractivity contribution in [3.05, 3.63) is 54.0 Å². The van der Waals surface area contributed by atoms with Gasteiger partial charge in [-0.3, -0.25) is 14.5 Å². The number of hydrogen-bond acceptors (Lipinski definition) is 6. The van der Waals surface area contributed by atoms with Gasteiger partial charge in [0.15, 0.2) is 12.3 Å². The van der Waals surface area contributed by atoms with Crippen molar-refractivity contribution >= 4 is 34.8 Å². The third-order valence-electron chi connectivity index (χ3n) is 4.17. The van der Waals surface area contributed by atoms with E-state index >= 15 is 0 Å². The van der Waals surface area contributed by atoms with Gasteiger partial charge >= 0.3 is 5.97 Å². The fourth-order valence-electron chi connectivity index (χ4n) is 2.97. The predicted octanol–water partition coefficient (Wildman–Crippen LogP) is 1.18. The molecule has 0 saturated heterocycles. The summed E-state index contributed by atoms with van der Waals surface area (Å²) in [6.07, 6.45) is 3.21. The van der Waals surface area contributed by atoms with E-state index in [0.29, 0.717) is 22.7 Å². The molecule has 4 rings (SSSR count). The number of rotatable bonds is 3. The van der Waals surface area contributed by atoms with Gasteiger partial charge < -0.3 is 10.1 Å². The maximum Gasteiger partial charge on any atom is 0.344 e. The molecule has 9 nitrogen and oxygen atoms in total. The number of nitrogens with zero attached hydrogens (tertiary/aromatic N) is 4. The molecule has 0 fully saturated rings. The molecule has 3 aromatic rings. The summed E-state index contributed by atoms with van der Waals surface area (Å²) < 4.78 is 6.66. The third-order valence-corrected chi connectivity index (χ3v) is 4.17. The molecule has 0 bridgehead atoms. The lowest BCUT2D eigenvalue weighted by Crippen LogP contribution is -2.44. The lowest BCUT2D eigenvalue weighted by Gasteiger charge is -2.28. The summed E-state index contributed by atoms with van der Waals surface area (Å²) >= 11 is 0. The number of carbonyl (C=O) groups excluding carboxylic acids is 3. The van der Waals surface area contributed by atoms with E-state index in [1.165, 1.54) is 9.42 Å². The molecule has 0 saturated carbocycles. The van der Waals surface area contributed by atoms with Gasteiger partial charge in [0, 0.05) is 12.4 Å². The van der Waals surface area contributed by atoms with E-state index < -0.39 is 18.5 Å². The first-order valence-electron chi connectivity index (χ1n) is 8.21. The molecule has 27 heavy (non-hydrogen) atoms. The number of aromatic nitrogens is 3. The number of para-hydroxylation sites is 2. The highest BCUT2D eigenvalue weighted by molar-refractivity contribution is 6.10. The number of anilines is 2. The first-order chi connectivity index (χ1) is 13.0. The highest BCUT2D eigenvalue weighted by Gasteiger charge is 2.28. The zero-order valence-electron chi connectivity index (χ0n) is 14.4. The Morgan fingerprint density at radius 1 is 1.26 bits per heavy atom. The van der Waals surface area contributed by atoms with Gasteiger partial charge in [-0.2, -0.15) is 5.10 Å². The van der Waals surface area contributed by atoms with Crippen molar-refractivity contribution in [3.63, 3.8) is 0 Å². The molecule has 0 atom stereocenters. The largest absolute Gasteiger partial charge is 0.452 e. The predicted molar refractivity (Wildman–Crippen MR) is 95.4 cm³/mol. The standard InChI is InChI=1S/C18H15N5O4/c1-11-16(17-19-7-4-8-23(17)21-11)18(26)27-10-15(25)22-9-14(24)20-12-5-2-3-6-13(12)22/h2-8H,9-10H2,1H3,(H,20,24). The van der Waals surface area contributed by atoms with Crippen LogP contribution in [0.15, 0.2) is 42.7 Å². The summed E-state index contributed by atoms with van der Waals surface area (Å²) in [7, 11) is 0. The number of ether oxygens (including phenoxy) is 1. The second kappa shape index (κ2) is 6.52. The van der Waals surface area contributed by atoms with Crippen LogP contribution >= 0.6 is 0 Å². The summed E-state index contributed by atoms with van der Waals surface area (Å²) in [5.74, 6) is -1.49. The van der Waals surface area contributed by atoms with Gasteiger partial charge in [0.05, 0.1) is 17.1 Å². The monoisotopic (exact) mass is 365 g/mol. The molecule has 0 aliphatic carbocycles. The zero-order valence-corrected chi connectivity index (χ0v) is 14.4. The van der Waals surface area contributed by atoms with Crippen LogP contribution in [-0.4, -0.2) is 45.5 Å². The Labute approximate surface area is 153 Å². The van der Waals surface area contributed by atoms with Gasteiger partial charge in [-0.1, -0.05) is 12.1 Å². The number of fused-ring (bicyclic) bond motifs is 2. The average Bonchev–Trinajstić information content (AvgIpc) is 3.00. The van der Waals surface area contributed by atoms with Gasteiger partial charge in [0.1, 0.15) is 12.1 Å². The van der Waals surface area contributed by atoms with E-state index in [0.717, 1.165) is 0 Å². The minimum absolute atomic E-state index is 0.134. The third kappa shape index (κ3) is 2.99. The molecular formula is C18H15N5O4. The van der Waals surface area contributed by atoms with Crippen molar-refractivity contribution in [2.45, 2.75) is 6.92 Å². The molecule has 3 heterocycles. The first-order valence-corrected chi connectivity index (χ1v) is 8.21. The van der Waals surface area contributed by atoms with Crippen molar-refractivity contribution in [1.29, 1.82) is 0 Å². The molecule has 9 heteroatoms. The number of amides is 2. The van der Waals surface area contributed by atoms with Crippen molar-refractivity contribution in [2.75, 3.05) is 23.4 Å². The Hall–Kier alpha value is -3.75. The molecule has 0 spiro atoms. The number of hydrogen-bond donors (Lipinski definition) is 1. The Balaban J connectivity index is 1.52. The van der Waals surface area contributed by atoms with E-state index in [1.807, 2.05) is 0 Å². The molecule has 1 aromatic carbocycles. The number of esters is 1. The van der Waals surface area contributed by atoms with Gasteiger partial charge in [0.25, 0.3) is 5.91 Å². The summed E-state index contributed by atoms with van der Waals surface area (Å²) in [4.78, 5) is 42.3. The number of aryl methyl sites for hydroxylation is 1. The van der Waals surface area contributed by atoms with Crippen LogP contribution in [0.1, 0.15) is 16.1 Å². The van der Waals surface area contributed by atoms with Gasteiger partial charge in [-0.05, 0) is 25.1 Å². The van der Waals surface area contributed by atoms with E-state index in [-0.39, 0.29) is 18.0 Å². The fourth-order valence-corrected chi connectivity index (χ4v) is 2.97. The van der Waals surface area contributed by atoms with Crippen LogP contribution in [0.2, 0.25) is 0 Å². The molecular weight excluding hydrogens is 350 g/mol. The molecule has 1 aliphatic rings. The van der Waals surface area contributed by atoms with Crippen molar-refractivity contribution < 1.29 is 19.1 Å². The molecule has 0 unspecified atom stereocenters. The van der Waals surface area contributed by atoms with Crippen molar-refractivity contribution in [1.82, 2.24) is 14.6 Å². The maximum atomic E-state index is 12.6. The number of benzene rings is 1.